The van der Waals surface area contributed by atoms with Gasteiger partial charge in [0, 0.05) is 37.1 Å². The van der Waals surface area contributed by atoms with E-state index in [4.69, 9.17) is 19.0 Å². The molecule has 7 rings (SSSR count). The number of benzene rings is 3. The van der Waals surface area contributed by atoms with E-state index in [0.29, 0.717) is 47.6 Å². The fourth-order valence-electron chi connectivity index (χ4n) is 7.15. The van der Waals surface area contributed by atoms with E-state index in [1.54, 1.807) is 24.3 Å². The lowest BCUT2D eigenvalue weighted by Gasteiger charge is -2.34. The molecule has 2 aromatic heterocycles. The fourth-order valence-corrected chi connectivity index (χ4v) is 7.15. The molecule has 2 amide bonds. The number of hydrogen-bond donors (Lipinski definition) is 0. The molecule has 0 bridgehead atoms. The van der Waals surface area contributed by atoms with Crippen LogP contribution in [0.1, 0.15) is 119 Å². The van der Waals surface area contributed by atoms with Gasteiger partial charge in [0.05, 0.1) is 0 Å². The first kappa shape index (κ1) is 33.4. The van der Waals surface area contributed by atoms with Gasteiger partial charge in [0.2, 0.25) is 11.8 Å². The topological polar surface area (TPSA) is 118 Å². The zero-order valence-electron chi connectivity index (χ0n) is 28.5. The van der Waals surface area contributed by atoms with E-state index in [1.807, 2.05) is 46.2 Å². The van der Waals surface area contributed by atoms with Crippen molar-refractivity contribution in [1.29, 1.82) is 0 Å². The van der Waals surface area contributed by atoms with Crippen LogP contribution in [-0.2, 0) is 25.7 Å². The Hall–Kier alpha value is -5.12. The van der Waals surface area contributed by atoms with Crippen LogP contribution in [0.4, 0.5) is 0 Å². The highest BCUT2D eigenvalue weighted by atomic mass is 16.5. The lowest BCUT2D eigenvalue weighted by molar-refractivity contribution is 0.0551. The van der Waals surface area contributed by atoms with Gasteiger partial charge in [-0.2, -0.15) is 9.97 Å². The summed E-state index contributed by atoms with van der Waals surface area (Å²) < 4.78 is 11.4. The first-order valence-corrected chi connectivity index (χ1v) is 18.1. The average molecular weight is 673 g/mol. The lowest BCUT2D eigenvalue weighted by Crippen LogP contribution is -2.39. The maximum Gasteiger partial charge on any atom is 0.254 e. The predicted octanol–water partition coefficient (Wildman–Crippen LogP) is 7.54. The molecule has 0 radical (unpaired) electrons. The molecule has 0 unspecified atom stereocenters. The second kappa shape index (κ2) is 16.1. The van der Waals surface area contributed by atoms with E-state index in [-0.39, 0.29) is 23.9 Å². The minimum absolute atomic E-state index is 0.0981. The molecular formula is C40H44N6O4. The van der Waals surface area contributed by atoms with Gasteiger partial charge in [-0.05, 0) is 99.6 Å². The molecule has 4 heterocycles. The van der Waals surface area contributed by atoms with Crippen molar-refractivity contribution >= 4 is 11.8 Å². The highest BCUT2D eigenvalue weighted by molar-refractivity contribution is 5.98. The van der Waals surface area contributed by atoms with E-state index < -0.39 is 0 Å². The van der Waals surface area contributed by atoms with Gasteiger partial charge >= 0.3 is 0 Å². The molecule has 0 N–H and O–H groups in total. The first-order chi connectivity index (χ1) is 24.6. The van der Waals surface area contributed by atoms with Crippen molar-refractivity contribution in [3.05, 3.63) is 131 Å². The van der Waals surface area contributed by atoms with Gasteiger partial charge in [-0.25, -0.2) is 0 Å². The van der Waals surface area contributed by atoms with Crippen LogP contribution in [0.15, 0.2) is 94.0 Å². The summed E-state index contributed by atoms with van der Waals surface area (Å²) in [6, 6.07) is 27.2. The summed E-state index contributed by atoms with van der Waals surface area (Å²) in [5.74, 6) is 2.14. The van der Waals surface area contributed by atoms with E-state index >= 15 is 0 Å². The Morgan fingerprint density at radius 2 is 0.980 bits per heavy atom. The third-order valence-electron chi connectivity index (χ3n) is 9.86. The Morgan fingerprint density at radius 3 is 1.40 bits per heavy atom. The molecule has 2 aliphatic rings. The van der Waals surface area contributed by atoms with Crippen LogP contribution in [-0.4, -0.2) is 55.0 Å². The molecule has 0 aliphatic carbocycles. The monoisotopic (exact) mass is 672 g/mol. The van der Waals surface area contributed by atoms with Gasteiger partial charge in [0.15, 0.2) is 11.6 Å². The number of carbonyl (C=O) groups excluding carboxylic acids is 2. The predicted molar refractivity (Wildman–Crippen MR) is 187 cm³/mol. The standard InChI is InChI=1S/C40H44N6O4/c47-39(45-27-9-7-19-33(45)37-41-35(43-49-37)21-11-17-29-13-3-1-4-14-29)31-23-25-32(26-24-31)40(48)46-28-10-8-20-34(46)38-42-36(44-50-38)22-12-18-30-15-5-2-6-16-30/h1-6,13-16,23-26,33-34H,7-12,17-22,27-28H2/t33-,34-/m0/s1. The highest BCUT2D eigenvalue weighted by Gasteiger charge is 2.34. The number of piperidine rings is 2. The van der Waals surface area contributed by atoms with Gasteiger partial charge in [-0.1, -0.05) is 71.0 Å². The Morgan fingerprint density at radius 1 is 0.560 bits per heavy atom. The lowest BCUT2D eigenvalue weighted by atomic mass is 9.99. The van der Waals surface area contributed by atoms with Crippen LogP contribution in [0.5, 0.6) is 0 Å². The minimum Gasteiger partial charge on any atom is -0.337 e. The molecule has 50 heavy (non-hydrogen) atoms. The van der Waals surface area contributed by atoms with Crippen LogP contribution in [0.25, 0.3) is 0 Å². The SMILES string of the molecule is O=C(c1ccc(C(=O)N2CCCC[C@H]2c2nc(CCCc3ccccc3)no2)cc1)N1CCCC[C@H]1c1nc(CCCc2ccccc2)no1. The van der Waals surface area contributed by atoms with Crippen molar-refractivity contribution in [3.8, 4) is 0 Å². The second-order valence-electron chi connectivity index (χ2n) is 13.4. The van der Waals surface area contributed by atoms with E-state index in [1.165, 1.54) is 11.1 Å². The quantitative estimate of drug-likeness (QED) is 0.133. The summed E-state index contributed by atoms with van der Waals surface area (Å²) >= 11 is 0. The zero-order chi connectivity index (χ0) is 34.1. The van der Waals surface area contributed by atoms with Gasteiger partial charge in [0.25, 0.3) is 11.8 Å². The maximum absolute atomic E-state index is 13.8. The van der Waals surface area contributed by atoms with Crippen LogP contribution in [0.2, 0.25) is 0 Å². The molecule has 2 atom stereocenters. The number of nitrogens with zero attached hydrogens (tertiary/aromatic N) is 6. The number of rotatable bonds is 12. The molecule has 0 spiro atoms. The molecule has 10 nitrogen and oxygen atoms in total. The molecule has 2 fully saturated rings. The smallest absolute Gasteiger partial charge is 0.254 e. The summed E-state index contributed by atoms with van der Waals surface area (Å²) in [4.78, 5) is 40.7. The van der Waals surface area contributed by atoms with E-state index in [9.17, 15) is 9.59 Å². The number of likely N-dealkylation sites (tertiary alicyclic amines) is 2. The average Bonchev–Trinajstić information content (AvgIpc) is 3.86. The number of hydrogen-bond acceptors (Lipinski definition) is 8. The van der Waals surface area contributed by atoms with Crippen molar-refractivity contribution in [3.63, 3.8) is 0 Å². The molecule has 3 aromatic carbocycles. The summed E-state index contributed by atoms with van der Waals surface area (Å²) in [5, 5.41) is 8.47. The van der Waals surface area contributed by atoms with Gasteiger partial charge in [0.1, 0.15) is 12.1 Å². The normalized spacial score (nSPS) is 17.9. The van der Waals surface area contributed by atoms with E-state index in [2.05, 4.69) is 34.6 Å². The second-order valence-corrected chi connectivity index (χ2v) is 13.4. The fraction of sp³-hybridized carbons (Fsp3) is 0.400. The van der Waals surface area contributed by atoms with Crippen molar-refractivity contribution in [1.82, 2.24) is 30.1 Å². The first-order valence-electron chi connectivity index (χ1n) is 18.1. The zero-order valence-corrected chi connectivity index (χ0v) is 28.5. The number of amides is 2. The summed E-state index contributed by atoms with van der Waals surface area (Å²) in [5.41, 5.74) is 3.64. The van der Waals surface area contributed by atoms with Crippen LogP contribution in [0.3, 0.4) is 0 Å². The van der Waals surface area contributed by atoms with Crippen molar-refractivity contribution in [2.24, 2.45) is 0 Å². The van der Waals surface area contributed by atoms with Crippen molar-refractivity contribution in [2.45, 2.75) is 89.1 Å². The third-order valence-corrected chi connectivity index (χ3v) is 9.86. The molecule has 2 aliphatic heterocycles. The van der Waals surface area contributed by atoms with Gasteiger partial charge in [-0.15, -0.1) is 0 Å². The number of aromatic nitrogens is 4. The van der Waals surface area contributed by atoms with Crippen molar-refractivity contribution < 1.29 is 18.6 Å². The molecule has 2 saturated heterocycles. The summed E-state index contributed by atoms with van der Waals surface area (Å²) in [7, 11) is 0. The molecule has 0 saturated carbocycles. The number of aryl methyl sites for hydroxylation is 4. The van der Waals surface area contributed by atoms with E-state index in [0.717, 1.165) is 77.0 Å². The summed E-state index contributed by atoms with van der Waals surface area (Å²) in [6.45, 7) is 1.23. The molecule has 5 aromatic rings. The summed E-state index contributed by atoms with van der Waals surface area (Å²) in [6.07, 6.45) is 10.5. The Balaban J connectivity index is 0.968. The van der Waals surface area contributed by atoms with Gasteiger partial charge in [-0.3, -0.25) is 9.59 Å². The number of carbonyl (C=O) groups is 2. The molecular weight excluding hydrogens is 628 g/mol. The van der Waals surface area contributed by atoms with Crippen LogP contribution >= 0.6 is 0 Å². The van der Waals surface area contributed by atoms with Gasteiger partial charge < -0.3 is 18.8 Å². The largest absolute Gasteiger partial charge is 0.337 e. The Kier molecular flexibility index (Phi) is 10.7. The van der Waals surface area contributed by atoms with Crippen molar-refractivity contribution in [2.75, 3.05) is 13.1 Å². The Bertz CT molecular complexity index is 1700. The highest BCUT2D eigenvalue weighted by Crippen LogP contribution is 2.33. The minimum atomic E-state index is -0.264. The Labute approximate surface area is 292 Å². The van der Waals surface area contributed by atoms with Crippen LogP contribution in [0, 0.1) is 0 Å². The third kappa shape index (κ3) is 8.01. The van der Waals surface area contributed by atoms with Crippen LogP contribution < -0.4 is 0 Å². The maximum atomic E-state index is 13.8. The molecule has 10 heteroatoms. The molecule has 258 valence electrons.